The number of carbonyl (C=O) groups is 2. The lowest BCUT2D eigenvalue weighted by Crippen LogP contribution is -2.27. The molecular weight excluding hydrogens is 438 g/mol. The lowest BCUT2D eigenvalue weighted by molar-refractivity contribution is 0.102. The lowest BCUT2D eigenvalue weighted by atomic mass is 10.0. The molecule has 2 amide bonds. The van der Waals surface area contributed by atoms with Crippen molar-refractivity contribution in [3.8, 4) is 17.2 Å². The van der Waals surface area contributed by atoms with Gasteiger partial charge in [0.2, 0.25) is 5.75 Å². The molecule has 0 spiro atoms. The minimum atomic E-state index is -0.499. The van der Waals surface area contributed by atoms with E-state index in [4.69, 9.17) is 24.7 Å². The number of methoxy groups -OCH3 is 3. The number of carbonyl (C=O) groups excluding carboxylic acids is 2. The first-order valence-corrected chi connectivity index (χ1v) is 10.5. The Morgan fingerprint density at radius 3 is 2.24 bits per heavy atom. The van der Waals surface area contributed by atoms with Gasteiger partial charge in [-0.15, -0.1) is 0 Å². The standard InChI is InChI=1S/C25H25N3O6/c1-31-21-12-17(13-22(32-2)23(21)33-3)28-20(14-34-25(28)30)15-8-10-16(11-9-15)24(29)27-19-7-5-4-6-18(19)26/h4-13,20H,14,26H2,1-3H3,(H,27,29). The molecule has 4 rings (SSSR count). The molecule has 1 unspecified atom stereocenters. The molecule has 1 fully saturated rings. The molecule has 176 valence electrons. The maximum absolute atomic E-state index is 12.6. The molecule has 1 atom stereocenters. The van der Waals surface area contributed by atoms with Crippen molar-refractivity contribution in [1.82, 2.24) is 0 Å². The van der Waals surface area contributed by atoms with E-state index in [1.165, 1.54) is 26.2 Å². The van der Waals surface area contributed by atoms with E-state index >= 15 is 0 Å². The summed E-state index contributed by atoms with van der Waals surface area (Å²) >= 11 is 0. The summed E-state index contributed by atoms with van der Waals surface area (Å²) in [5.74, 6) is 0.974. The Balaban J connectivity index is 1.60. The van der Waals surface area contributed by atoms with Crippen LogP contribution in [-0.2, 0) is 4.74 Å². The number of hydrogen-bond donors (Lipinski definition) is 2. The minimum Gasteiger partial charge on any atom is -0.493 e. The lowest BCUT2D eigenvalue weighted by Gasteiger charge is -2.24. The second kappa shape index (κ2) is 9.62. The molecule has 3 aromatic carbocycles. The monoisotopic (exact) mass is 463 g/mol. The molecule has 0 radical (unpaired) electrons. The van der Waals surface area contributed by atoms with Crippen molar-refractivity contribution in [2.24, 2.45) is 0 Å². The van der Waals surface area contributed by atoms with Crippen LogP contribution >= 0.6 is 0 Å². The Morgan fingerprint density at radius 2 is 1.65 bits per heavy atom. The number of cyclic esters (lactones) is 1. The Kier molecular flexibility index (Phi) is 6.44. The zero-order valence-corrected chi connectivity index (χ0v) is 19.0. The molecule has 1 heterocycles. The van der Waals surface area contributed by atoms with Crippen LogP contribution in [0.2, 0.25) is 0 Å². The number of nitrogens with two attached hydrogens (primary N) is 1. The third kappa shape index (κ3) is 4.27. The van der Waals surface area contributed by atoms with Gasteiger partial charge in [0.15, 0.2) is 11.5 Å². The van der Waals surface area contributed by atoms with Gasteiger partial charge in [-0.25, -0.2) is 4.79 Å². The number of anilines is 3. The molecule has 0 aromatic heterocycles. The van der Waals surface area contributed by atoms with Crippen LogP contribution < -0.4 is 30.2 Å². The molecule has 3 aromatic rings. The fraction of sp³-hybridized carbons (Fsp3) is 0.200. The molecule has 0 bridgehead atoms. The summed E-state index contributed by atoms with van der Waals surface area (Å²) < 4.78 is 21.5. The minimum absolute atomic E-state index is 0.154. The van der Waals surface area contributed by atoms with E-state index in [-0.39, 0.29) is 12.5 Å². The maximum atomic E-state index is 12.6. The first kappa shape index (κ1) is 22.8. The number of amides is 2. The van der Waals surface area contributed by atoms with Gasteiger partial charge in [-0.2, -0.15) is 0 Å². The van der Waals surface area contributed by atoms with Crippen LogP contribution in [0.3, 0.4) is 0 Å². The van der Waals surface area contributed by atoms with Crippen LogP contribution in [0.1, 0.15) is 22.0 Å². The highest BCUT2D eigenvalue weighted by Gasteiger charge is 2.36. The second-order valence-electron chi connectivity index (χ2n) is 7.51. The Labute approximate surface area is 197 Å². The van der Waals surface area contributed by atoms with Crippen LogP contribution in [0.15, 0.2) is 60.7 Å². The molecule has 34 heavy (non-hydrogen) atoms. The summed E-state index contributed by atoms with van der Waals surface area (Å²) in [7, 11) is 4.53. The van der Waals surface area contributed by atoms with Crippen LogP contribution in [0.25, 0.3) is 0 Å². The van der Waals surface area contributed by atoms with Gasteiger partial charge in [0.05, 0.1) is 44.4 Å². The highest BCUT2D eigenvalue weighted by molar-refractivity contribution is 6.05. The van der Waals surface area contributed by atoms with Gasteiger partial charge in [-0.3, -0.25) is 9.69 Å². The van der Waals surface area contributed by atoms with E-state index < -0.39 is 12.1 Å². The normalized spacial score (nSPS) is 15.0. The number of benzene rings is 3. The van der Waals surface area contributed by atoms with Gasteiger partial charge in [0, 0.05) is 17.7 Å². The van der Waals surface area contributed by atoms with Gasteiger partial charge >= 0.3 is 6.09 Å². The number of nitrogens with zero attached hydrogens (tertiary/aromatic N) is 1. The number of hydrogen-bond acceptors (Lipinski definition) is 7. The van der Waals surface area contributed by atoms with E-state index in [0.717, 1.165) is 5.56 Å². The van der Waals surface area contributed by atoms with E-state index in [9.17, 15) is 9.59 Å². The van der Waals surface area contributed by atoms with Crippen molar-refractivity contribution < 1.29 is 28.5 Å². The molecular formula is C25H25N3O6. The molecule has 1 aliphatic heterocycles. The van der Waals surface area contributed by atoms with Gasteiger partial charge in [-0.05, 0) is 29.8 Å². The summed E-state index contributed by atoms with van der Waals surface area (Å²) in [6.45, 7) is 0.154. The van der Waals surface area contributed by atoms with E-state index in [0.29, 0.717) is 39.9 Å². The smallest absolute Gasteiger partial charge is 0.415 e. The molecule has 0 saturated carbocycles. The zero-order valence-electron chi connectivity index (χ0n) is 19.0. The Bertz CT molecular complexity index is 1190. The van der Waals surface area contributed by atoms with E-state index in [2.05, 4.69) is 5.32 Å². The van der Waals surface area contributed by atoms with Crippen LogP contribution in [-0.4, -0.2) is 39.9 Å². The maximum Gasteiger partial charge on any atom is 0.415 e. The predicted molar refractivity (Wildman–Crippen MR) is 128 cm³/mol. The third-order valence-corrected chi connectivity index (χ3v) is 5.57. The highest BCUT2D eigenvalue weighted by Crippen LogP contribution is 2.44. The fourth-order valence-corrected chi connectivity index (χ4v) is 3.82. The topological polar surface area (TPSA) is 112 Å². The van der Waals surface area contributed by atoms with Crippen molar-refractivity contribution in [3.05, 3.63) is 71.8 Å². The van der Waals surface area contributed by atoms with Gasteiger partial charge in [-0.1, -0.05) is 24.3 Å². The average Bonchev–Trinajstić information content (AvgIpc) is 3.25. The molecule has 1 aliphatic rings. The van der Waals surface area contributed by atoms with Crippen LogP contribution in [0.5, 0.6) is 17.2 Å². The molecule has 9 heteroatoms. The van der Waals surface area contributed by atoms with Crippen molar-refractivity contribution in [2.45, 2.75) is 6.04 Å². The summed E-state index contributed by atoms with van der Waals surface area (Å²) in [6.07, 6.45) is -0.499. The predicted octanol–water partition coefficient (Wildman–Crippen LogP) is 4.24. The zero-order chi connectivity index (χ0) is 24.2. The average molecular weight is 463 g/mol. The van der Waals surface area contributed by atoms with Gasteiger partial charge in [0.1, 0.15) is 6.61 Å². The molecule has 3 N–H and O–H groups in total. The largest absolute Gasteiger partial charge is 0.493 e. The van der Waals surface area contributed by atoms with Crippen molar-refractivity contribution in [1.29, 1.82) is 0 Å². The van der Waals surface area contributed by atoms with E-state index in [1.807, 2.05) is 0 Å². The molecule has 0 aliphatic carbocycles. The number of nitrogens with one attached hydrogen (secondary N) is 1. The third-order valence-electron chi connectivity index (χ3n) is 5.57. The van der Waals surface area contributed by atoms with E-state index in [1.54, 1.807) is 60.7 Å². The summed E-state index contributed by atoms with van der Waals surface area (Å²) in [4.78, 5) is 26.8. The molecule has 9 nitrogen and oxygen atoms in total. The summed E-state index contributed by atoms with van der Waals surface area (Å²) in [5, 5.41) is 2.80. The SMILES string of the molecule is COc1cc(N2C(=O)OCC2c2ccc(C(=O)Nc3ccccc3N)cc2)cc(OC)c1OC. The highest BCUT2D eigenvalue weighted by atomic mass is 16.6. The quantitative estimate of drug-likeness (QED) is 0.504. The van der Waals surface area contributed by atoms with Crippen molar-refractivity contribution in [2.75, 3.05) is 43.9 Å². The summed E-state index contributed by atoms with van der Waals surface area (Å²) in [5.41, 5.74) is 8.72. The fourth-order valence-electron chi connectivity index (χ4n) is 3.82. The number of rotatable bonds is 7. The number of para-hydroxylation sites is 2. The Hall–Kier alpha value is -4.40. The molecule has 1 saturated heterocycles. The Morgan fingerprint density at radius 1 is 1.00 bits per heavy atom. The first-order chi connectivity index (χ1) is 16.5. The van der Waals surface area contributed by atoms with Crippen molar-refractivity contribution >= 4 is 29.1 Å². The summed E-state index contributed by atoms with van der Waals surface area (Å²) in [6, 6.07) is 17.0. The first-order valence-electron chi connectivity index (χ1n) is 10.5. The van der Waals surface area contributed by atoms with Gasteiger partial charge < -0.3 is 30.0 Å². The number of nitrogen functional groups attached to an aromatic ring is 1. The second-order valence-corrected chi connectivity index (χ2v) is 7.51. The van der Waals surface area contributed by atoms with Crippen LogP contribution in [0.4, 0.5) is 21.9 Å². The number of ether oxygens (including phenoxy) is 4. The van der Waals surface area contributed by atoms with Crippen LogP contribution in [0, 0.1) is 0 Å². The van der Waals surface area contributed by atoms with Gasteiger partial charge in [0.25, 0.3) is 5.91 Å². The van der Waals surface area contributed by atoms with Crippen molar-refractivity contribution in [3.63, 3.8) is 0 Å².